The van der Waals surface area contributed by atoms with Crippen LogP contribution in [-0.4, -0.2) is 81.0 Å². The summed E-state index contributed by atoms with van der Waals surface area (Å²) in [6.45, 7) is 15.1. The zero-order valence-corrected chi connectivity index (χ0v) is 19.1. The minimum atomic E-state index is -3.10. The first-order chi connectivity index (χ1) is 10.6. The predicted octanol–water partition coefficient (Wildman–Crippen LogP) is 1.67. The Kier molecular flexibility index (Phi) is 10.1. The molecule has 0 aromatic carbocycles. The second-order valence-corrected chi connectivity index (χ2v) is 10.4. The molecule has 0 aromatic heterocycles. The highest BCUT2D eigenvalue weighted by Crippen LogP contribution is 2.15. The largest absolute Gasteiger partial charge is 0.355 e. The first-order valence-electron chi connectivity index (χ1n) is 8.47. The Bertz CT molecular complexity index is 493. The first-order valence-corrected chi connectivity index (χ1v) is 10.1. The number of piperazine rings is 1. The third-order valence-electron chi connectivity index (χ3n) is 4.09. The van der Waals surface area contributed by atoms with Crippen molar-refractivity contribution in [2.24, 2.45) is 10.9 Å². The smallest absolute Gasteiger partial charge is 0.193 e. The lowest BCUT2D eigenvalue weighted by molar-refractivity contribution is 0.164. The molecule has 0 saturated carbocycles. The van der Waals surface area contributed by atoms with E-state index in [0.29, 0.717) is 12.5 Å². The van der Waals surface area contributed by atoms with Crippen molar-refractivity contribution >= 4 is 39.8 Å². The maximum absolute atomic E-state index is 12.1. The molecule has 24 heavy (non-hydrogen) atoms. The van der Waals surface area contributed by atoms with Crippen LogP contribution in [0, 0.1) is 5.92 Å². The molecule has 144 valence electrons. The van der Waals surface area contributed by atoms with Crippen LogP contribution < -0.4 is 5.32 Å². The zero-order chi connectivity index (χ0) is 17.7. The molecular formula is C16H35IN4O2S. The molecule has 6 nitrogen and oxygen atoms in total. The Balaban J connectivity index is 0.00000529. The third-order valence-corrected chi connectivity index (χ3v) is 6.70. The average Bonchev–Trinajstić information content (AvgIpc) is 2.43. The minimum absolute atomic E-state index is 0. The fourth-order valence-corrected chi connectivity index (χ4v) is 3.58. The van der Waals surface area contributed by atoms with Crippen LogP contribution in [0.15, 0.2) is 4.99 Å². The van der Waals surface area contributed by atoms with Gasteiger partial charge in [-0.05, 0) is 26.7 Å². The van der Waals surface area contributed by atoms with Crippen molar-refractivity contribution in [1.29, 1.82) is 0 Å². The topological polar surface area (TPSA) is 65.0 Å². The van der Waals surface area contributed by atoms with E-state index in [1.54, 1.807) is 27.8 Å². The van der Waals surface area contributed by atoms with Crippen molar-refractivity contribution in [2.75, 3.05) is 52.1 Å². The Labute approximate surface area is 165 Å². The van der Waals surface area contributed by atoms with Gasteiger partial charge in [0.2, 0.25) is 0 Å². The second kappa shape index (κ2) is 10.2. The minimum Gasteiger partial charge on any atom is -0.355 e. The lowest BCUT2D eigenvalue weighted by atomic mass is 10.2. The van der Waals surface area contributed by atoms with Crippen molar-refractivity contribution < 1.29 is 8.42 Å². The summed E-state index contributed by atoms with van der Waals surface area (Å²) in [7, 11) is -1.35. The molecule has 0 atom stereocenters. The van der Waals surface area contributed by atoms with Crippen LogP contribution in [0.1, 0.15) is 34.6 Å². The van der Waals surface area contributed by atoms with Crippen LogP contribution >= 0.6 is 24.0 Å². The number of nitrogens with one attached hydrogen (secondary N) is 1. The molecule has 1 aliphatic rings. The first kappa shape index (κ1) is 23.9. The summed E-state index contributed by atoms with van der Waals surface area (Å²) >= 11 is 0. The van der Waals surface area contributed by atoms with E-state index in [0.717, 1.165) is 38.7 Å². The molecule has 1 heterocycles. The van der Waals surface area contributed by atoms with Gasteiger partial charge in [0.1, 0.15) is 0 Å². The third kappa shape index (κ3) is 7.43. The van der Waals surface area contributed by atoms with Gasteiger partial charge >= 0.3 is 0 Å². The van der Waals surface area contributed by atoms with Gasteiger partial charge in [0.05, 0.1) is 10.5 Å². The number of sulfone groups is 1. The highest BCUT2D eigenvalue weighted by molar-refractivity contribution is 14.0. The Morgan fingerprint density at radius 1 is 1.17 bits per heavy atom. The summed E-state index contributed by atoms with van der Waals surface area (Å²) < 4.78 is 23.6. The second-order valence-electron chi connectivity index (χ2n) is 7.59. The number of hydrogen-bond acceptors (Lipinski definition) is 4. The summed E-state index contributed by atoms with van der Waals surface area (Å²) in [4.78, 5) is 8.98. The van der Waals surface area contributed by atoms with Crippen LogP contribution in [0.5, 0.6) is 0 Å². The lowest BCUT2D eigenvalue weighted by Gasteiger charge is -2.37. The number of nitrogens with zero attached hydrogens (tertiary/aromatic N) is 3. The van der Waals surface area contributed by atoms with E-state index >= 15 is 0 Å². The summed E-state index contributed by atoms with van der Waals surface area (Å²) in [5.74, 6) is 1.61. The molecule has 0 aromatic rings. The fraction of sp³-hybridized carbons (Fsp3) is 0.938. The predicted molar refractivity (Wildman–Crippen MR) is 113 cm³/mol. The molecule has 0 bridgehead atoms. The number of hydrogen-bond donors (Lipinski definition) is 1. The fourth-order valence-electron chi connectivity index (χ4n) is 2.59. The normalized spacial score (nSPS) is 17.8. The molecule has 0 amide bonds. The van der Waals surface area contributed by atoms with Gasteiger partial charge in [0, 0.05) is 46.3 Å². The molecule has 1 saturated heterocycles. The average molecular weight is 474 g/mol. The van der Waals surface area contributed by atoms with Gasteiger partial charge in [-0.25, -0.2) is 8.42 Å². The van der Waals surface area contributed by atoms with Crippen molar-refractivity contribution in [2.45, 2.75) is 39.4 Å². The van der Waals surface area contributed by atoms with Crippen molar-refractivity contribution in [3.05, 3.63) is 0 Å². The lowest BCUT2D eigenvalue weighted by Crippen LogP contribution is -2.53. The number of rotatable bonds is 5. The summed E-state index contributed by atoms with van der Waals surface area (Å²) in [5.41, 5.74) is 0. The molecule has 0 unspecified atom stereocenters. The molecule has 0 radical (unpaired) electrons. The van der Waals surface area contributed by atoms with Crippen LogP contribution in [0.2, 0.25) is 0 Å². The van der Waals surface area contributed by atoms with Crippen LogP contribution in [-0.2, 0) is 9.84 Å². The number of guanidine groups is 1. The van der Waals surface area contributed by atoms with E-state index in [9.17, 15) is 8.42 Å². The molecule has 0 spiro atoms. The van der Waals surface area contributed by atoms with Gasteiger partial charge in [-0.3, -0.25) is 9.89 Å². The van der Waals surface area contributed by atoms with Crippen molar-refractivity contribution in [1.82, 2.24) is 15.1 Å². The standard InChI is InChI=1S/C16H34N4O2S.HI/c1-14(2)13-19-8-10-20(11-9-19)15(17-6)18-7-12-23(21,22)16(3,4)5;/h14H,7-13H2,1-6H3,(H,17,18);1H. The Morgan fingerprint density at radius 2 is 1.71 bits per heavy atom. The van der Waals surface area contributed by atoms with Gasteiger partial charge < -0.3 is 10.2 Å². The van der Waals surface area contributed by atoms with Gasteiger partial charge in [-0.2, -0.15) is 0 Å². The summed E-state index contributed by atoms with van der Waals surface area (Å²) in [6, 6.07) is 0. The van der Waals surface area contributed by atoms with Crippen molar-refractivity contribution in [3.8, 4) is 0 Å². The van der Waals surface area contributed by atoms with Crippen LogP contribution in [0.4, 0.5) is 0 Å². The highest BCUT2D eigenvalue weighted by atomic mass is 127. The molecular weight excluding hydrogens is 439 g/mol. The molecule has 1 N–H and O–H groups in total. The molecule has 0 aliphatic carbocycles. The molecule has 8 heteroatoms. The van der Waals surface area contributed by atoms with E-state index in [1.807, 2.05) is 0 Å². The van der Waals surface area contributed by atoms with E-state index in [1.165, 1.54) is 0 Å². The Morgan fingerprint density at radius 3 is 2.12 bits per heavy atom. The van der Waals surface area contributed by atoms with E-state index in [2.05, 4.69) is 34.0 Å². The van der Waals surface area contributed by atoms with E-state index < -0.39 is 14.6 Å². The zero-order valence-electron chi connectivity index (χ0n) is 16.0. The summed E-state index contributed by atoms with van der Waals surface area (Å²) in [6.07, 6.45) is 0. The van der Waals surface area contributed by atoms with E-state index in [4.69, 9.17) is 0 Å². The quantitative estimate of drug-likeness (QED) is 0.373. The van der Waals surface area contributed by atoms with Gasteiger partial charge in [-0.1, -0.05) is 13.8 Å². The van der Waals surface area contributed by atoms with Crippen molar-refractivity contribution in [3.63, 3.8) is 0 Å². The Hall–Kier alpha value is -0.0900. The van der Waals surface area contributed by atoms with Crippen LogP contribution in [0.3, 0.4) is 0 Å². The molecule has 1 fully saturated rings. The molecule has 1 aliphatic heterocycles. The maximum Gasteiger partial charge on any atom is 0.193 e. The van der Waals surface area contributed by atoms with E-state index in [-0.39, 0.29) is 29.7 Å². The van der Waals surface area contributed by atoms with Gasteiger partial charge in [-0.15, -0.1) is 24.0 Å². The molecule has 1 rings (SSSR count). The number of halogens is 1. The monoisotopic (exact) mass is 474 g/mol. The van der Waals surface area contributed by atoms with Gasteiger partial charge in [0.25, 0.3) is 0 Å². The highest BCUT2D eigenvalue weighted by Gasteiger charge is 2.28. The van der Waals surface area contributed by atoms with Crippen LogP contribution in [0.25, 0.3) is 0 Å². The summed E-state index contributed by atoms with van der Waals surface area (Å²) in [5, 5.41) is 3.20. The number of aliphatic imine (C=N–C) groups is 1. The SMILES string of the molecule is CN=C(NCCS(=O)(=O)C(C)(C)C)N1CCN(CC(C)C)CC1.I. The van der Waals surface area contributed by atoms with Gasteiger partial charge in [0.15, 0.2) is 15.8 Å². The maximum atomic E-state index is 12.1.